The van der Waals surface area contributed by atoms with Gasteiger partial charge in [-0.3, -0.25) is 14.4 Å². The van der Waals surface area contributed by atoms with Gasteiger partial charge in [0.25, 0.3) is 5.56 Å². The van der Waals surface area contributed by atoms with Crippen LogP contribution in [0.25, 0.3) is 10.8 Å². The van der Waals surface area contributed by atoms with E-state index in [1.165, 1.54) is 10.1 Å². The molecule has 0 atom stereocenters. The summed E-state index contributed by atoms with van der Waals surface area (Å²) in [7, 11) is 0. The Bertz CT molecular complexity index is 1460. The molecule has 3 aromatic carbocycles. The second kappa shape index (κ2) is 8.13. The first-order valence-electron chi connectivity index (χ1n) is 10.8. The van der Waals surface area contributed by atoms with Gasteiger partial charge in [-0.1, -0.05) is 42.0 Å². The van der Waals surface area contributed by atoms with Crippen LogP contribution in [-0.2, 0) is 6.54 Å². The van der Waals surface area contributed by atoms with Gasteiger partial charge in [0.05, 0.1) is 17.8 Å². The van der Waals surface area contributed by atoms with E-state index in [-0.39, 0.29) is 24.8 Å². The van der Waals surface area contributed by atoms with E-state index in [1.54, 1.807) is 12.3 Å². The van der Waals surface area contributed by atoms with Crippen molar-refractivity contribution in [1.82, 2.24) is 4.57 Å². The highest BCUT2D eigenvalue weighted by Crippen LogP contribution is 2.33. The van der Waals surface area contributed by atoms with Gasteiger partial charge in [0.2, 0.25) is 12.7 Å². The number of nitrogens with zero attached hydrogens (tertiary/aromatic N) is 2. The number of aryl methyl sites for hydroxylation is 3. The summed E-state index contributed by atoms with van der Waals surface area (Å²) < 4.78 is 12.2. The molecule has 0 aliphatic carbocycles. The van der Waals surface area contributed by atoms with Crippen molar-refractivity contribution in [3.63, 3.8) is 0 Å². The molecule has 6 nitrogen and oxygen atoms in total. The molecule has 1 N–H and O–H groups in total. The summed E-state index contributed by atoms with van der Waals surface area (Å²) in [6.45, 7) is 6.46. The molecule has 6 heteroatoms. The lowest BCUT2D eigenvalue weighted by atomic mass is 10.0. The van der Waals surface area contributed by atoms with Crippen molar-refractivity contribution < 1.29 is 14.6 Å². The fraction of sp³-hybridized carbons (Fsp3) is 0.185. The number of aromatic hydroxyl groups is 1. The molecule has 2 heterocycles. The standard InChI is InChI=1S/C27H24N2O4/c1-16-10-17(2)25(18(3)11-16)28-13-22-20-6-4-5-7-21(20)26(30)29(27(22)31)14-19-8-9-23-24(12-19)33-15-32-23/h4-13,31H,14-15H2,1-3H3. The van der Waals surface area contributed by atoms with Crippen LogP contribution in [0.2, 0.25) is 0 Å². The Morgan fingerprint density at radius 1 is 0.970 bits per heavy atom. The van der Waals surface area contributed by atoms with Gasteiger partial charge in [0.1, 0.15) is 0 Å². The van der Waals surface area contributed by atoms with Crippen molar-refractivity contribution in [3.8, 4) is 17.4 Å². The highest BCUT2D eigenvalue weighted by molar-refractivity contribution is 6.02. The number of hydrogen-bond acceptors (Lipinski definition) is 5. The molecule has 33 heavy (non-hydrogen) atoms. The molecule has 0 saturated carbocycles. The smallest absolute Gasteiger partial charge is 0.261 e. The van der Waals surface area contributed by atoms with E-state index >= 15 is 0 Å². The molecule has 1 aromatic heterocycles. The van der Waals surface area contributed by atoms with E-state index in [2.05, 4.69) is 19.1 Å². The normalized spacial score (nSPS) is 12.7. The number of aromatic nitrogens is 1. The Morgan fingerprint density at radius 3 is 2.42 bits per heavy atom. The third-order valence-corrected chi connectivity index (χ3v) is 5.93. The molecule has 166 valence electrons. The molecule has 4 aromatic rings. The molecule has 0 saturated heterocycles. The largest absolute Gasteiger partial charge is 0.494 e. The van der Waals surface area contributed by atoms with E-state index in [9.17, 15) is 9.90 Å². The average molecular weight is 440 g/mol. The predicted octanol–water partition coefficient (Wildman–Crippen LogP) is 5.16. The lowest BCUT2D eigenvalue weighted by molar-refractivity contribution is 0.174. The molecule has 0 amide bonds. The van der Waals surface area contributed by atoms with Gasteiger partial charge in [0.15, 0.2) is 11.5 Å². The summed E-state index contributed by atoms with van der Waals surface area (Å²) in [5.41, 5.74) is 5.21. The summed E-state index contributed by atoms with van der Waals surface area (Å²) in [5.74, 6) is 1.18. The minimum absolute atomic E-state index is 0.123. The second-order valence-electron chi connectivity index (χ2n) is 8.37. The van der Waals surface area contributed by atoms with Crippen LogP contribution in [0, 0.1) is 20.8 Å². The van der Waals surface area contributed by atoms with Gasteiger partial charge < -0.3 is 14.6 Å². The van der Waals surface area contributed by atoms with Gasteiger partial charge in [-0.15, -0.1) is 0 Å². The van der Waals surface area contributed by atoms with Gasteiger partial charge in [-0.25, -0.2) is 0 Å². The zero-order chi connectivity index (χ0) is 23.1. The van der Waals surface area contributed by atoms with Crippen molar-refractivity contribution in [2.75, 3.05) is 6.79 Å². The van der Waals surface area contributed by atoms with Crippen molar-refractivity contribution in [2.45, 2.75) is 27.3 Å². The number of fused-ring (bicyclic) bond motifs is 2. The minimum Gasteiger partial charge on any atom is -0.494 e. The van der Waals surface area contributed by atoms with Crippen LogP contribution < -0.4 is 15.0 Å². The lowest BCUT2D eigenvalue weighted by Crippen LogP contribution is -2.22. The topological polar surface area (TPSA) is 73.1 Å². The van der Waals surface area contributed by atoms with E-state index in [0.29, 0.717) is 27.8 Å². The number of benzene rings is 3. The van der Waals surface area contributed by atoms with Crippen LogP contribution >= 0.6 is 0 Å². The fourth-order valence-corrected chi connectivity index (χ4v) is 4.41. The third kappa shape index (κ3) is 3.74. The zero-order valence-corrected chi connectivity index (χ0v) is 18.8. The SMILES string of the molecule is Cc1cc(C)c(N=Cc2c(O)n(Cc3ccc4c(c3)OCO4)c(=O)c3ccccc23)c(C)c1. The first kappa shape index (κ1) is 20.8. The molecule has 0 spiro atoms. The van der Waals surface area contributed by atoms with E-state index in [1.807, 2.05) is 50.2 Å². The van der Waals surface area contributed by atoms with Crippen LogP contribution in [0.1, 0.15) is 27.8 Å². The summed E-state index contributed by atoms with van der Waals surface area (Å²) in [4.78, 5) is 18.0. The number of ether oxygens (including phenoxy) is 2. The van der Waals surface area contributed by atoms with E-state index < -0.39 is 0 Å². The highest BCUT2D eigenvalue weighted by Gasteiger charge is 2.18. The van der Waals surface area contributed by atoms with Crippen LogP contribution in [-0.4, -0.2) is 22.7 Å². The Kier molecular flexibility index (Phi) is 5.13. The molecule has 5 rings (SSSR count). The van der Waals surface area contributed by atoms with E-state index in [4.69, 9.17) is 14.5 Å². The first-order chi connectivity index (χ1) is 15.9. The van der Waals surface area contributed by atoms with Crippen molar-refractivity contribution in [3.05, 3.63) is 92.8 Å². The number of hydrogen-bond donors (Lipinski definition) is 1. The fourth-order valence-electron chi connectivity index (χ4n) is 4.41. The molecular formula is C27H24N2O4. The molecule has 0 bridgehead atoms. The third-order valence-electron chi connectivity index (χ3n) is 5.93. The Labute approximate surface area is 191 Å². The maximum atomic E-state index is 13.3. The van der Waals surface area contributed by atoms with Crippen molar-refractivity contribution >= 4 is 22.7 Å². The molecular weight excluding hydrogens is 416 g/mol. The number of pyridine rings is 1. The van der Waals surface area contributed by atoms with Gasteiger partial charge in [-0.05, 0) is 55.7 Å². The zero-order valence-electron chi connectivity index (χ0n) is 18.8. The summed E-state index contributed by atoms with van der Waals surface area (Å²) >= 11 is 0. The number of rotatable bonds is 4. The van der Waals surface area contributed by atoms with E-state index in [0.717, 1.165) is 22.4 Å². The van der Waals surface area contributed by atoms with Crippen molar-refractivity contribution in [2.24, 2.45) is 4.99 Å². The highest BCUT2D eigenvalue weighted by atomic mass is 16.7. The predicted molar refractivity (Wildman–Crippen MR) is 129 cm³/mol. The maximum Gasteiger partial charge on any atom is 0.261 e. The van der Waals surface area contributed by atoms with Crippen LogP contribution in [0.5, 0.6) is 17.4 Å². The monoisotopic (exact) mass is 440 g/mol. The van der Waals surface area contributed by atoms with Gasteiger partial charge in [0, 0.05) is 17.0 Å². The Balaban J connectivity index is 1.64. The summed E-state index contributed by atoms with van der Waals surface area (Å²) in [5, 5.41) is 12.4. The Morgan fingerprint density at radius 2 is 1.67 bits per heavy atom. The molecule has 0 radical (unpaired) electrons. The second-order valence-corrected chi connectivity index (χ2v) is 8.37. The summed E-state index contributed by atoms with van der Waals surface area (Å²) in [6, 6.07) is 16.9. The molecule has 0 fully saturated rings. The van der Waals surface area contributed by atoms with Crippen LogP contribution in [0.3, 0.4) is 0 Å². The molecule has 1 aliphatic heterocycles. The first-order valence-corrected chi connectivity index (χ1v) is 10.8. The van der Waals surface area contributed by atoms with Gasteiger partial charge in [-0.2, -0.15) is 0 Å². The molecule has 0 unspecified atom stereocenters. The minimum atomic E-state index is -0.263. The average Bonchev–Trinajstić information content (AvgIpc) is 3.26. The van der Waals surface area contributed by atoms with Crippen LogP contribution in [0.15, 0.2) is 64.4 Å². The summed E-state index contributed by atoms with van der Waals surface area (Å²) in [6.07, 6.45) is 1.65. The van der Waals surface area contributed by atoms with Crippen LogP contribution in [0.4, 0.5) is 5.69 Å². The number of aliphatic imine (C=N–C) groups is 1. The quantitative estimate of drug-likeness (QED) is 0.445. The maximum absolute atomic E-state index is 13.3. The Hall–Kier alpha value is -4.06. The molecule has 1 aliphatic rings. The lowest BCUT2D eigenvalue weighted by Gasteiger charge is -2.14. The van der Waals surface area contributed by atoms with Gasteiger partial charge >= 0.3 is 0 Å². The van der Waals surface area contributed by atoms with Crippen molar-refractivity contribution in [1.29, 1.82) is 0 Å².